The average Bonchev–Trinajstić information content (AvgIpc) is 3.22. The number of methoxy groups -OCH3 is 1. The van der Waals surface area contributed by atoms with Crippen LogP contribution in [-0.4, -0.2) is 40.4 Å². The number of aromatic amines is 2. The fourth-order valence-electron chi connectivity index (χ4n) is 2.76. The Labute approximate surface area is 132 Å². The van der Waals surface area contributed by atoms with Crippen LogP contribution in [0.3, 0.4) is 0 Å². The first kappa shape index (κ1) is 13.8. The summed E-state index contributed by atoms with van der Waals surface area (Å²) in [4.78, 5) is 7.80. The Morgan fingerprint density at radius 2 is 2.17 bits per heavy atom. The molecule has 0 saturated carbocycles. The zero-order chi connectivity index (χ0) is 15.6. The summed E-state index contributed by atoms with van der Waals surface area (Å²) in [5.74, 6) is 0.833. The van der Waals surface area contributed by atoms with Gasteiger partial charge in [0.25, 0.3) is 0 Å². The minimum absolute atomic E-state index is 0.640. The average molecular weight is 307 g/mol. The van der Waals surface area contributed by atoms with Gasteiger partial charge in [0.15, 0.2) is 0 Å². The highest BCUT2D eigenvalue weighted by atomic mass is 16.5. The second-order valence-electron chi connectivity index (χ2n) is 5.39. The number of pyridine rings is 1. The van der Waals surface area contributed by atoms with Crippen molar-refractivity contribution in [3.8, 4) is 11.1 Å². The SMILES string of the molecule is COCCNc1cc(-c2ccc3[nH]ncc3c2)c2cc[nH]c2n1. The molecule has 3 heterocycles. The fourth-order valence-corrected chi connectivity index (χ4v) is 2.76. The topological polar surface area (TPSA) is 78.6 Å². The second-order valence-corrected chi connectivity index (χ2v) is 5.39. The van der Waals surface area contributed by atoms with Gasteiger partial charge in [-0.15, -0.1) is 0 Å². The van der Waals surface area contributed by atoms with Gasteiger partial charge in [-0.1, -0.05) is 6.07 Å². The van der Waals surface area contributed by atoms with Crippen molar-refractivity contribution >= 4 is 27.8 Å². The zero-order valence-corrected chi connectivity index (χ0v) is 12.8. The lowest BCUT2D eigenvalue weighted by Gasteiger charge is -2.09. The quantitative estimate of drug-likeness (QED) is 0.495. The molecule has 0 fully saturated rings. The highest BCUT2D eigenvalue weighted by Crippen LogP contribution is 2.31. The number of hydrogen-bond donors (Lipinski definition) is 3. The third-order valence-corrected chi connectivity index (χ3v) is 3.89. The van der Waals surface area contributed by atoms with Gasteiger partial charge in [0, 0.05) is 30.6 Å². The summed E-state index contributed by atoms with van der Waals surface area (Å²) in [5, 5.41) is 12.6. The maximum Gasteiger partial charge on any atom is 0.140 e. The Morgan fingerprint density at radius 1 is 1.22 bits per heavy atom. The Balaban J connectivity index is 1.81. The number of nitrogens with zero attached hydrogens (tertiary/aromatic N) is 2. The Morgan fingerprint density at radius 3 is 3.09 bits per heavy atom. The maximum atomic E-state index is 5.08. The van der Waals surface area contributed by atoms with Gasteiger partial charge in [-0.3, -0.25) is 5.10 Å². The number of hydrogen-bond acceptors (Lipinski definition) is 4. The summed E-state index contributed by atoms with van der Waals surface area (Å²) < 4.78 is 5.08. The molecule has 116 valence electrons. The van der Waals surface area contributed by atoms with Crippen molar-refractivity contribution in [2.24, 2.45) is 0 Å². The summed E-state index contributed by atoms with van der Waals surface area (Å²) in [7, 11) is 1.69. The molecule has 0 atom stereocenters. The molecule has 0 spiro atoms. The van der Waals surface area contributed by atoms with Gasteiger partial charge in [0.2, 0.25) is 0 Å². The molecule has 1 aromatic carbocycles. The molecule has 6 heteroatoms. The van der Waals surface area contributed by atoms with Crippen LogP contribution < -0.4 is 5.32 Å². The standard InChI is InChI=1S/C17H17N5O/c1-23-7-6-18-16-9-14(13-4-5-19-17(13)21-16)11-2-3-15-12(8-11)10-20-22-15/h2-5,8-10H,6-7H2,1H3,(H,20,22)(H2,18,19,21). The van der Waals surface area contributed by atoms with Gasteiger partial charge >= 0.3 is 0 Å². The first-order valence-corrected chi connectivity index (χ1v) is 7.49. The van der Waals surface area contributed by atoms with E-state index in [4.69, 9.17) is 4.74 Å². The molecule has 4 aromatic rings. The molecular weight excluding hydrogens is 290 g/mol. The second kappa shape index (κ2) is 5.73. The predicted molar refractivity (Wildman–Crippen MR) is 91.5 cm³/mol. The molecule has 0 bridgehead atoms. The normalized spacial score (nSPS) is 11.3. The minimum Gasteiger partial charge on any atom is -0.383 e. The zero-order valence-electron chi connectivity index (χ0n) is 12.8. The molecule has 6 nitrogen and oxygen atoms in total. The minimum atomic E-state index is 0.640. The fraction of sp³-hybridized carbons (Fsp3) is 0.176. The largest absolute Gasteiger partial charge is 0.383 e. The molecule has 0 radical (unpaired) electrons. The van der Waals surface area contributed by atoms with E-state index in [-0.39, 0.29) is 0 Å². The van der Waals surface area contributed by atoms with E-state index >= 15 is 0 Å². The van der Waals surface area contributed by atoms with Crippen molar-refractivity contribution in [1.82, 2.24) is 20.2 Å². The highest BCUT2D eigenvalue weighted by molar-refractivity contribution is 5.97. The van der Waals surface area contributed by atoms with Crippen molar-refractivity contribution in [2.75, 3.05) is 25.6 Å². The molecule has 0 unspecified atom stereocenters. The molecule has 3 N–H and O–H groups in total. The van der Waals surface area contributed by atoms with Gasteiger partial charge in [-0.2, -0.15) is 5.10 Å². The summed E-state index contributed by atoms with van der Waals surface area (Å²) >= 11 is 0. The number of benzene rings is 1. The van der Waals surface area contributed by atoms with Crippen LogP contribution in [0.2, 0.25) is 0 Å². The van der Waals surface area contributed by atoms with Crippen LogP contribution in [0.4, 0.5) is 5.82 Å². The van der Waals surface area contributed by atoms with Crippen LogP contribution in [0.15, 0.2) is 42.7 Å². The lowest BCUT2D eigenvalue weighted by Crippen LogP contribution is -2.08. The Kier molecular flexibility index (Phi) is 3.44. The van der Waals surface area contributed by atoms with Gasteiger partial charge in [0.1, 0.15) is 11.5 Å². The molecular formula is C17H17N5O. The van der Waals surface area contributed by atoms with Crippen LogP contribution in [0.5, 0.6) is 0 Å². The Hall–Kier alpha value is -2.86. The summed E-state index contributed by atoms with van der Waals surface area (Å²) in [6.45, 7) is 1.36. The molecule has 0 saturated heterocycles. The maximum absolute atomic E-state index is 5.08. The first-order chi connectivity index (χ1) is 11.3. The summed E-state index contributed by atoms with van der Waals surface area (Å²) in [5.41, 5.74) is 4.18. The van der Waals surface area contributed by atoms with E-state index in [9.17, 15) is 0 Å². The van der Waals surface area contributed by atoms with Crippen molar-refractivity contribution < 1.29 is 4.74 Å². The predicted octanol–water partition coefficient (Wildman–Crippen LogP) is 3.16. The van der Waals surface area contributed by atoms with Crippen LogP contribution in [0.1, 0.15) is 0 Å². The number of aromatic nitrogens is 4. The highest BCUT2D eigenvalue weighted by Gasteiger charge is 2.10. The van der Waals surface area contributed by atoms with E-state index in [1.165, 1.54) is 0 Å². The summed E-state index contributed by atoms with van der Waals surface area (Å²) in [6.07, 6.45) is 3.75. The monoisotopic (exact) mass is 307 g/mol. The van der Waals surface area contributed by atoms with E-state index in [0.29, 0.717) is 6.61 Å². The molecule has 23 heavy (non-hydrogen) atoms. The van der Waals surface area contributed by atoms with Gasteiger partial charge in [-0.25, -0.2) is 4.98 Å². The molecule has 3 aromatic heterocycles. The lowest BCUT2D eigenvalue weighted by molar-refractivity contribution is 0.210. The van der Waals surface area contributed by atoms with Crippen LogP contribution in [0.25, 0.3) is 33.1 Å². The van der Waals surface area contributed by atoms with Crippen LogP contribution >= 0.6 is 0 Å². The van der Waals surface area contributed by atoms with Gasteiger partial charge in [-0.05, 0) is 35.4 Å². The number of nitrogens with one attached hydrogen (secondary N) is 3. The van der Waals surface area contributed by atoms with Gasteiger partial charge in [0.05, 0.1) is 18.3 Å². The first-order valence-electron chi connectivity index (χ1n) is 7.49. The van der Waals surface area contributed by atoms with Crippen LogP contribution in [-0.2, 0) is 4.74 Å². The molecule has 4 rings (SSSR count). The van der Waals surface area contributed by atoms with E-state index in [2.05, 4.69) is 55.8 Å². The van der Waals surface area contributed by atoms with E-state index < -0.39 is 0 Å². The van der Waals surface area contributed by atoms with E-state index in [1.807, 2.05) is 12.4 Å². The van der Waals surface area contributed by atoms with Crippen LogP contribution in [0, 0.1) is 0 Å². The Bertz CT molecular complexity index is 956. The number of anilines is 1. The number of rotatable bonds is 5. The number of fused-ring (bicyclic) bond motifs is 2. The molecule has 0 aliphatic carbocycles. The summed E-state index contributed by atoms with van der Waals surface area (Å²) in [6, 6.07) is 10.4. The van der Waals surface area contributed by atoms with E-state index in [1.54, 1.807) is 7.11 Å². The van der Waals surface area contributed by atoms with Crippen molar-refractivity contribution in [3.63, 3.8) is 0 Å². The van der Waals surface area contributed by atoms with Crippen molar-refractivity contribution in [3.05, 3.63) is 42.7 Å². The smallest absolute Gasteiger partial charge is 0.140 e. The number of H-pyrrole nitrogens is 2. The van der Waals surface area contributed by atoms with Crippen molar-refractivity contribution in [1.29, 1.82) is 0 Å². The molecule has 0 aliphatic heterocycles. The number of ether oxygens (including phenoxy) is 1. The molecule has 0 amide bonds. The van der Waals surface area contributed by atoms with E-state index in [0.717, 1.165) is 45.4 Å². The van der Waals surface area contributed by atoms with Crippen molar-refractivity contribution in [2.45, 2.75) is 0 Å². The third kappa shape index (κ3) is 2.53. The lowest BCUT2D eigenvalue weighted by atomic mass is 10.0. The molecule has 0 aliphatic rings. The van der Waals surface area contributed by atoms with Gasteiger partial charge < -0.3 is 15.0 Å². The third-order valence-electron chi connectivity index (χ3n) is 3.89.